The van der Waals surface area contributed by atoms with Crippen molar-refractivity contribution in [2.45, 2.75) is 32.2 Å². The Morgan fingerprint density at radius 2 is 2.00 bits per heavy atom. The number of amides is 1. The van der Waals surface area contributed by atoms with Crippen LogP contribution in [-0.4, -0.2) is 18.5 Å². The molecule has 3 heteroatoms. The van der Waals surface area contributed by atoms with E-state index in [1.165, 1.54) is 0 Å². The molecule has 1 aliphatic carbocycles. The number of hydrogen-bond acceptors (Lipinski definition) is 2. The van der Waals surface area contributed by atoms with Gasteiger partial charge in [-0.1, -0.05) is 13.8 Å². The van der Waals surface area contributed by atoms with E-state index in [4.69, 9.17) is 5.73 Å². The first-order chi connectivity index (χ1) is 4.96. The Bertz CT molecular complexity index is 185. The monoisotopic (exact) mass is 156 g/mol. The lowest BCUT2D eigenvalue weighted by molar-refractivity contribution is -0.137. The summed E-state index contributed by atoms with van der Waals surface area (Å²) in [5.41, 5.74) is 4.89. The van der Waals surface area contributed by atoms with Crippen molar-refractivity contribution in [1.82, 2.24) is 5.32 Å². The number of carbonyl (C=O) groups excluding carboxylic acids is 1. The van der Waals surface area contributed by atoms with Gasteiger partial charge in [-0.25, -0.2) is 0 Å². The highest BCUT2D eigenvalue weighted by Gasteiger charge is 2.56. The van der Waals surface area contributed by atoms with Gasteiger partial charge in [0, 0.05) is 0 Å². The molecule has 0 bridgehead atoms. The molecule has 3 nitrogen and oxygen atoms in total. The van der Waals surface area contributed by atoms with E-state index in [2.05, 4.69) is 19.2 Å². The second-order valence-electron chi connectivity index (χ2n) is 3.90. The highest BCUT2D eigenvalue weighted by Crippen LogP contribution is 2.48. The van der Waals surface area contributed by atoms with Crippen molar-refractivity contribution in [2.75, 3.05) is 7.05 Å². The van der Waals surface area contributed by atoms with Gasteiger partial charge in [-0.3, -0.25) is 4.79 Å². The summed E-state index contributed by atoms with van der Waals surface area (Å²) in [6.07, 6.45) is 1.93. The number of primary amides is 1. The fourth-order valence-corrected chi connectivity index (χ4v) is 1.92. The van der Waals surface area contributed by atoms with Crippen molar-refractivity contribution in [3.63, 3.8) is 0 Å². The third-order valence-electron chi connectivity index (χ3n) is 3.13. The van der Waals surface area contributed by atoms with Gasteiger partial charge in [0.15, 0.2) is 0 Å². The number of carbonyl (C=O) groups is 1. The third-order valence-corrected chi connectivity index (χ3v) is 3.13. The highest BCUT2D eigenvalue weighted by molar-refractivity contribution is 5.87. The van der Waals surface area contributed by atoms with E-state index in [0.29, 0.717) is 0 Å². The van der Waals surface area contributed by atoms with E-state index in [1.807, 2.05) is 0 Å². The van der Waals surface area contributed by atoms with Gasteiger partial charge in [-0.05, 0) is 25.3 Å². The molecule has 64 valence electrons. The molecule has 0 aliphatic heterocycles. The van der Waals surface area contributed by atoms with E-state index in [9.17, 15) is 4.79 Å². The lowest BCUT2D eigenvalue weighted by Crippen LogP contribution is -2.69. The Morgan fingerprint density at radius 3 is 2.00 bits per heavy atom. The van der Waals surface area contributed by atoms with E-state index >= 15 is 0 Å². The van der Waals surface area contributed by atoms with Crippen LogP contribution in [0.1, 0.15) is 26.7 Å². The minimum Gasteiger partial charge on any atom is -0.368 e. The van der Waals surface area contributed by atoms with Crippen LogP contribution in [0.2, 0.25) is 0 Å². The summed E-state index contributed by atoms with van der Waals surface area (Å²) in [5, 5.41) is 3.03. The standard InChI is InChI=1S/C8H16N2O/c1-7(2)4-5-8(7,10-3)6(9)11/h10H,4-5H2,1-3H3,(H2,9,11). The van der Waals surface area contributed by atoms with Crippen molar-refractivity contribution < 1.29 is 4.79 Å². The minimum atomic E-state index is -0.451. The first-order valence-electron chi connectivity index (χ1n) is 3.95. The SMILES string of the molecule is CNC1(C(N)=O)CCC1(C)C. The van der Waals surface area contributed by atoms with Crippen LogP contribution in [0.4, 0.5) is 0 Å². The molecule has 0 radical (unpaired) electrons. The number of nitrogens with one attached hydrogen (secondary N) is 1. The maximum Gasteiger partial charge on any atom is 0.238 e. The van der Waals surface area contributed by atoms with Gasteiger partial charge in [0.1, 0.15) is 5.54 Å². The summed E-state index contributed by atoms with van der Waals surface area (Å²) in [6.45, 7) is 4.13. The molecule has 0 aromatic rings. The molecule has 0 saturated heterocycles. The fourth-order valence-electron chi connectivity index (χ4n) is 1.92. The topological polar surface area (TPSA) is 55.1 Å². The van der Waals surface area contributed by atoms with Crippen molar-refractivity contribution in [2.24, 2.45) is 11.1 Å². The molecule has 0 aromatic carbocycles. The zero-order valence-corrected chi connectivity index (χ0v) is 7.40. The Kier molecular flexibility index (Phi) is 1.71. The summed E-state index contributed by atoms with van der Waals surface area (Å²) in [4.78, 5) is 11.1. The normalized spacial score (nSPS) is 34.5. The number of nitrogens with two attached hydrogens (primary N) is 1. The van der Waals surface area contributed by atoms with Gasteiger partial charge in [0.2, 0.25) is 5.91 Å². The molecule has 0 heterocycles. The molecule has 0 aromatic heterocycles. The Morgan fingerprint density at radius 1 is 1.45 bits per heavy atom. The molecule has 1 amide bonds. The average Bonchev–Trinajstić information content (AvgIpc) is 1.87. The first-order valence-corrected chi connectivity index (χ1v) is 3.95. The second kappa shape index (κ2) is 2.21. The zero-order chi connectivity index (χ0) is 8.70. The molecule has 1 aliphatic rings. The summed E-state index contributed by atoms with van der Waals surface area (Å²) < 4.78 is 0. The van der Waals surface area contributed by atoms with Crippen LogP contribution >= 0.6 is 0 Å². The van der Waals surface area contributed by atoms with Crippen LogP contribution in [0.5, 0.6) is 0 Å². The van der Waals surface area contributed by atoms with Crippen LogP contribution in [0.15, 0.2) is 0 Å². The van der Waals surface area contributed by atoms with E-state index < -0.39 is 5.54 Å². The van der Waals surface area contributed by atoms with Crippen molar-refractivity contribution in [1.29, 1.82) is 0 Å². The lowest BCUT2D eigenvalue weighted by atomic mass is 9.56. The lowest BCUT2D eigenvalue weighted by Gasteiger charge is -2.53. The molecule has 1 atom stereocenters. The molecular formula is C8H16N2O. The largest absolute Gasteiger partial charge is 0.368 e. The predicted molar refractivity (Wildman–Crippen MR) is 44.0 cm³/mol. The van der Waals surface area contributed by atoms with Gasteiger partial charge >= 0.3 is 0 Å². The molecule has 1 rings (SSSR count). The maximum atomic E-state index is 11.1. The van der Waals surface area contributed by atoms with Crippen molar-refractivity contribution >= 4 is 5.91 Å². The average molecular weight is 156 g/mol. The molecular weight excluding hydrogens is 140 g/mol. The summed E-state index contributed by atoms with van der Waals surface area (Å²) in [5.74, 6) is -0.226. The minimum absolute atomic E-state index is 0.0214. The molecule has 0 spiro atoms. The van der Waals surface area contributed by atoms with Crippen LogP contribution in [0.25, 0.3) is 0 Å². The number of likely N-dealkylation sites (N-methyl/N-ethyl adjacent to an activating group) is 1. The first kappa shape index (κ1) is 8.53. The Labute approximate surface area is 67.3 Å². The molecule has 11 heavy (non-hydrogen) atoms. The second-order valence-corrected chi connectivity index (χ2v) is 3.90. The Hall–Kier alpha value is -0.570. The van der Waals surface area contributed by atoms with E-state index in [-0.39, 0.29) is 11.3 Å². The predicted octanol–water partition coefficient (Wildman–Crippen LogP) is 0.250. The summed E-state index contributed by atoms with van der Waals surface area (Å²) >= 11 is 0. The van der Waals surface area contributed by atoms with Gasteiger partial charge in [-0.15, -0.1) is 0 Å². The molecule has 3 N–H and O–H groups in total. The maximum absolute atomic E-state index is 11.1. The number of rotatable bonds is 2. The fraction of sp³-hybridized carbons (Fsp3) is 0.875. The molecule has 1 saturated carbocycles. The molecule has 1 unspecified atom stereocenters. The van der Waals surface area contributed by atoms with Crippen LogP contribution in [0, 0.1) is 5.41 Å². The Balaban J connectivity index is 2.87. The van der Waals surface area contributed by atoms with Gasteiger partial charge in [-0.2, -0.15) is 0 Å². The van der Waals surface area contributed by atoms with Gasteiger partial charge in [0.05, 0.1) is 0 Å². The summed E-state index contributed by atoms with van der Waals surface area (Å²) in [6, 6.07) is 0. The van der Waals surface area contributed by atoms with Gasteiger partial charge < -0.3 is 11.1 Å². The quantitative estimate of drug-likeness (QED) is 0.602. The zero-order valence-electron chi connectivity index (χ0n) is 7.40. The van der Waals surface area contributed by atoms with Gasteiger partial charge in [0.25, 0.3) is 0 Å². The number of hydrogen-bond donors (Lipinski definition) is 2. The third kappa shape index (κ3) is 0.872. The van der Waals surface area contributed by atoms with Crippen molar-refractivity contribution in [3.05, 3.63) is 0 Å². The van der Waals surface area contributed by atoms with E-state index in [0.717, 1.165) is 12.8 Å². The van der Waals surface area contributed by atoms with Crippen LogP contribution < -0.4 is 11.1 Å². The van der Waals surface area contributed by atoms with Crippen molar-refractivity contribution in [3.8, 4) is 0 Å². The molecule has 1 fully saturated rings. The highest BCUT2D eigenvalue weighted by atomic mass is 16.1. The van der Waals surface area contributed by atoms with Crippen LogP contribution in [-0.2, 0) is 4.79 Å². The smallest absolute Gasteiger partial charge is 0.238 e. The van der Waals surface area contributed by atoms with Crippen LogP contribution in [0.3, 0.4) is 0 Å². The van der Waals surface area contributed by atoms with E-state index in [1.54, 1.807) is 7.05 Å². The summed E-state index contributed by atoms with van der Waals surface area (Å²) in [7, 11) is 1.80.